The summed E-state index contributed by atoms with van der Waals surface area (Å²) in [7, 11) is 0.839. The lowest BCUT2D eigenvalue weighted by Crippen LogP contribution is -2.38. The minimum Gasteiger partial charge on any atom is -0.481 e. The Morgan fingerprint density at radius 1 is 1.00 bits per heavy atom. The minimum atomic E-state index is -3.95. The van der Waals surface area contributed by atoms with Gasteiger partial charge in [0.25, 0.3) is 10.0 Å². The number of carbonyl (C=O) groups excluding carboxylic acids is 1. The smallest absolute Gasteiger partial charge is 0.262 e. The van der Waals surface area contributed by atoms with Crippen molar-refractivity contribution in [1.29, 1.82) is 0 Å². The number of aryl methyl sites for hydroxylation is 1. The van der Waals surface area contributed by atoms with Crippen molar-refractivity contribution in [3.63, 3.8) is 0 Å². The first kappa shape index (κ1) is 26.7. The van der Waals surface area contributed by atoms with E-state index in [-0.39, 0.29) is 22.4 Å². The molecule has 0 spiro atoms. The van der Waals surface area contributed by atoms with Crippen LogP contribution in [0.2, 0.25) is 0 Å². The van der Waals surface area contributed by atoms with Gasteiger partial charge in [0.05, 0.1) is 37.8 Å². The molecule has 2 aromatic carbocycles. The van der Waals surface area contributed by atoms with Crippen LogP contribution in [0, 0.1) is 0 Å². The Kier molecular flexibility index (Phi) is 7.60. The lowest BCUT2D eigenvalue weighted by Gasteiger charge is -2.26. The van der Waals surface area contributed by atoms with E-state index >= 15 is 0 Å². The Morgan fingerprint density at radius 3 is 2.54 bits per heavy atom. The first-order valence-corrected chi connectivity index (χ1v) is 14.0. The Balaban J connectivity index is 1.38. The average molecular weight is 554 g/mol. The molecule has 1 saturated heterocycles. The van der Waals surface area contributed by atoms with Gasteiger partial charge >= 0.3 is 0 Å². The Bertz CT molecular complexity index is 1630. The van der Waals surface area contributed by atoms with Crippen molar-refractivity contribution < 1.29 is 27.4 Å². The van der Waals surface area contributed by atoms with Crippen LogP contribution in [0.25, 0.3) is 21.8 Å². The van der Waals surface area contributed by atoms with Gasteiger partial charge in [-0.25, -0.2) is 8.42 Å². The van der Waals surface area contributed by atoms with Crippen LogP contribution in [0.3, 0.4) is 0 Å². The third-order valence-corrected chi connectivity index (χ3v) is 8.18. The van der Waals surface area contributed by atoms with Crippen molar-refractivity contribution in [2.45, 2.75) is 11.3 Å². The quantitative estimate of drug-likeness (QED) is 0.324. The molecule has 206 valence electrons. The largest absolute Gasteiger partial charge is 0.481 e. The Morgan fingerprint density at radius 2 is 1.79 bits per heavy atom. The third-order valence-electron chi connectivity index (χ3n) is 6.81. The number of sulfonamides is 1. The number of ether oxygens (including phenoxy) is 3. The van der Waals surface area contributed by atoms with Crippen molar-refractivity contribution >= 4 is 49.1 Å². The van der Waals surface area contributed by atoms with E-state index < -0.39 is 10.0 Å². The van der Waals surface area contributed by atoms with Gasteiger partial charge in [-0.05, 0) is 36.4 Å². The number of nitrogens with zero attached hydrogens (tertiary/aromatic N) is 3. The number of pyridine rings is 1. The fourth-order valence-corrected chi connectivity index (χ4v) is 5.80. The van der Waals surface area contributed by atoms with Crippen LogP contribution in [0.4, 0.5) is 11.4 Å². The van der Waals surface area contributed by atoms with Gasteiger partial charge in [0.1, 0.15) is 5.69 Å². The first-order valence-electron chi connectivity index (χ1n) is 12.5. The lowest BCUT2D eigenvalue weighted by atomic mass is 10.1. The number of rotatable bonds is 9. The maximum atomic E-state index is 13.3. The fraction of sp³-hybridized carbons (Fsp3) is 0.333. The summed E-state index contributed by atoms with van der Waals surface area (Å²) in [4.78, 5) is 19.0. The molecule has 12 heteroatoms. The number of benzene rings is 2. The number of morpholine rings is 1. The average Bonchev–Trinajstić information content (AvgIpc) is 3.23. The summed E-state index contributed by atoms with van der Waals surface area (Å²) in [5, 5.41) is 4.64. The van der Waals surface area contributed by atoms with E-state index in [0.29, 0.717) is 37.7 Å². The summed E-state index contributed by atoms with van der Waals surface area (Å²) in [6.07, 6.45) is 0.399. The third kappa shape index (κ3) is 5.63. The number of carbonyl (C=O) groups is 1. The van der Waals surface area contributed by atoms with Gasteiger partial charge < -0.3 is 24.1 Å². The molecule has 1 aliphatic heterocycles. The number of fused-ring (bicyclic) bond motifs is 3. The number of nitrogens with one attached hydrogen (secondary N) is 2. The predicted octanol–water partition coefficient (Wildman–Crippen LogP) is 3.21. The standard InChI is InChI=1S/C27H31N5O6S/c1-31-23-8-5-19(39(34,35)30-22-7-9-26(36-2)29-27(22)37-3)17-21(23)20-6-4-18(16-24(20)31)28-25(33)10-11-32-12-14-38-15-13-32/h4-9,16-17,30H,10-15H2,1-3H3,(H,28,33). The summed E-state index contributed by atoms with van der Waals surface area (Å²) >= 11 is 0. The topological polar surface area (TPSA) is 124 Å². The number of hydrogen-bond donors (Lipinski definition) is 2. The van der Waals surface area contributed by atoms with Crippen LogP contribution in [0.1, 0.15) is 6.42 Å². The van der Waals surface area contributed by atoms with Gasteiger partial charge in [0.15, 0.2) is 0 Å². The van der Waals surface area contributed by atoms with Gasteiger partial charge in [-0.15, -0.1) is 0 Å². The van der Waals surface area contributed by atoms with E-state index in [1.54, 1.807) is 24.3 Å². The number of methoxy groups -OCH3 is 2. The fourth-order valence-electron chi connectivity index (χ4n) is 4.72. The second-order valence-electron chi connectivity index (χ2n) is 9.24. The van der Waals surface area contributed by atoms with Gasteiger partial charge in [-0.3, -0.25) is 14.4 Å². The SMILES string of the molecule is COc1ccc(NS(=O)(=O)c2ccc3c(c2)c2ccc(NC(=O)CCN4CCOCC4)cc2n3C)c(OC)n1. The van der Waals surface area contributed by atoms with Crippen molar-refractivity contribution in [1.82, 2.24) is 14.5 Å². The number of anilines is 2. The molecule has 39 heavy (non-hydrogen) atoms. The summed E-state index contributed by atoms with van der Waals surface area (Å²) < 4.78 is 46.7. The molecule has 2 N–H and O–H groups in total. The highest BCUT2D eigenvalue weighted by atomic mass is 32.2. The van der Waals surface area contributed by atoms with Gasteiger partial charge in [0.2, 0.25) is 17.7 Å². The molecule has 2 aromatic heterocycles. The summed E-state index contributed by atoms with van der Waals surface area (Å²) in [6.45, 7) is 3.77. The van der Waals surface area contributed by atoms with E-state index in [0.717, 1.165) is 34.9 Å². The molecule has 0 unspecified atom stereocenters. The van der Waals surface area contributed by atoms with Gasteiger partial charge in [-0.2, -0.15) is 4.98 Å². The van der Waals surface area contributed by atoms with Crippen LogP contribution in [-0.4, -0.2) is 75.8 Å². The summed E-state index contributed by atoms with van der Waals surface area (Å²) in [6, 6.07) is 13.7. The van der Waals surface area contributed by atoms with Crippen LogP contribution < -0.4 is 19.5 Å². The Labute approximate surface area is 226 Å². The normalized spacial score (nSPS) is 14.4. The Hall–Kier alpha value is -3.87. The molecule has 0 saturated carbocycles. The molecule has 4 aromatic rings. The molecule has 0 atom stereocenters. The van der Waals surface area contributed by atoms with Crippen molar-refractivity contribution in [3.05, 3.63) is 48.5 Å². The molecule has 11 nitrogen and oxygen atoms in total. The summed E-state index contributed by atoms with van der Waals surface area (Å²) in [5.41, 5.74) is 2.63. The first-order chi connectivity index (χ1) is 18.8. The van der Waals surface area contributed by atoms with Crippen molar-refractivity contribution in [3.8, 4) is 11.8 Å². The molecule has 0 bridgehead atoms. The molecule has 1 amide bonds. The molecular weight excluding hydrogens is 522 g/mol. The predicted molar refractivity (Wildman–Crippen MR) is 149 cm³/mol. The highest BCUT2D eigenvalue weighted by Crippen LogP contribution is 2.33. The van der Waals surface area contributed by atoms with Gasteiger partial charge in [0, 0.05) is 61.1 Å². The minimum absolute atomic E-state index is 0.0532. The molecule has 1 aliphatic rings. The number of hydrogen-bond acceptors (Lipinski definition) is 8. The zero-order chi connectivity index (χ0) is 27.6. The zero-order valence-electron chi connectivity index (χ0n) is 22.1. The second kappa shape index (κ2) is 11.1. The maximum Gasteiger partial charge on any atom is 0.262 e. The molecule has 1 fully saturated rings. The van der Waals surface area contributed by atoms with Crippen LogP contribution >= 0.6 is 0 Å². The second-order valence-corrected chi connectivity index (χ2v) is 10.9. The van der Waals surface area contributed by atoms with Crippen LogP contribution in [-0.2, 0) is 26.6 Å². The van der Waals surface area contributed by atoms with E-state index in [9.17, 15) is 13.2 Å². The zero-order valence-corrected chi connectivity index (χ0v) is 22.9. The van der Waals surface area contributed by atoms with E-state index in [1.165, 1.54) is 20.3 Å². The number of amides is 1. The highest BCUT2D eigenvalue weighted by Gasteiger charge is 2.20. The molecule has 0 aliphatic carbocycles. The van der Waals surface area contributed by atoms with Crippen molar-refractivity contribution in [2.75, 3.05) is 57.1 Å². The van der Waals surface area contributed by atoms with Crippen LogP contribution in [0.15, 0.2) is 53.4 Å². The molecular formula is C27H31N5O6S. The van der Waals surface area contributed by atoms with E-state index in [2.05, 4.69) is 19.9 Å². The molecule has 5 rings (SSSR count). The highest BCUT2D eigenvalue weighted by molar-refractivity contribution is 7.92. The van der Waals surface area contributed by atoms with E-state index in [1.807, 2.05) is 29.8 Å². The van der Waals surface area contributed by atoms with Crippen LogP contribution in [0.5, 0.6) is 11.8 Å². The maximum absolute atomic E-state index is 13.3. The number of aromatic nitrogens is 2. The lowest BCUT2D eigenvalue weighted by molar-refractivity contribution is -0.116. The molecule has 3 heterocycles. The van der Waals surface area contributed by atoms with Crippen molar-refractivity contribution in [2.24, 2.45) is 7.05 Å². The molecule has 0 radical (unpaired) electrons. The monoisotopic (exact) mass is 553 g/mol. The van der Waals surface area contributed by atoms with Gasteiger partial charge in [-0.1, -0.05) is 6.07 Å². The van der Waals surface area contributed by atoms with E-state index in [4.69, 9.17) is 14.2 Å². The summed E-state index contributed by atoms with van der Waals surface area (Å²) in [5.74, 6) is 0.353.